The Hall–Kier alpha value is -1.56. The van der Waals surface area contributed by atoms with Gasteiger partial charge in [-0.2, -0.15) is 0 Å². The Morgan fingerprint density at radius 1 is 1.29 bits per heavy atom. The van der Waals surface area contributed by atoms with E-state index in [-0.39, 0.29) is 19.0 Å². The van der Waals surface area contributed by atoms with Gasteiger partial charge < -0.3 is 20.0 Å². The van der Waals surface area contributed by atoms with Crippen LogP contribution in [-0.4, -0.2) is 63.8 Å². The summed E-state index contributed by atoms with van der Waals surface area (Å²) in [6.45, 7) is 1.22. The fourth-order valence-electron chi connectivity index (χ4n) is 2.26. The van der Waals surface area contributed by atoms with Crippen molar-refractivity contribution in [3.8, 4) is 0 Å². The Morgan fingerprint density at radius 2 is 2.06 bits per heavy atom. The van der Waals surface area contributed by atoms with Crippen molar-refractivity contribution < 1.29 is 19.8 Å². The number of aliphatic hydroxyl groups excluding tert-OH is 1. The van der Waals surface area contributed by atoms with E-state index in [0.29, 0.717) is 13.1 Å². The molecule has 0 aromatic rings. The third kappa shape index (κ3) is 2.41. The average molecular weight is 240 g/mol. The van der Waals surface area contributed by atoms with Crippen LogP contribution in [0.1, 0.15) is 12.8 Å². The Bertz CT molecular complexity index is 355. The van der Waals surface area contributed by atoms with E-state index in [1.807, 2.05) is 12.2 Å². The third-order valence-corrected chi connectivity index (χ3v) is 3.14. The fraction of sp³-hybridized carbons (Fsp3) is 0.636. The van der Waals surface area contributed by atoms with E-state index in [1.54, 1.807) is 4.90 Å². The lowest BCUT2D eigenvalue weighted by Gasteiger charge is -2.30. The molecule has 2 aliphatic rings. The zero-order valence-electron chi connectivity index (χ0n) is 9.45. The van der Waals surface area contributed by atoms with Crippen LogP contribution in [-0.2, 0) is 4.79 Å². The number of urea groups is 1. The number of carbonyl (C=O) groups excluding carboxylic acids is 1. The monoisotopic (exact) mass is 240 g/mol. The molecule has 1 fully saturated rings. The SMILES string of the molecule is O=C(O)[C@H]1C[C@@H](O)CN1C(=O)N1CC=CCC1. The van der Waals surface area contributed by atoms with Crippen LogP contribution in [0.2, 0.25) is 0 Å². The molecule has 2 aliphatic heterocycles. The molecule has 6 nitrogen and oxygen atoms in total. The van der Waals surface area contributed by atoms with Crippen molar-refractivity contribution in [2.45, 2.75) is 25.0 Å². The van der Waals surface area contributed by atoms with Crippen molar-refractivity contribution in [2.75, 3.05) is 19.6 Å². The highest BCUT2D eigenvalue weighted by Crippen LogP contribution is 2.20. The first-order valence-corrected chi connectivity index (χ1v) is 5.71. The second-order valence-electron chi connectivity index (χ2n) is 4.38. The summed E-state index contributed by atoms with van der Waals surface area (Å²) >= 11 is 0. The van der Waals surface area contributed by atoms with Crippen molar-refractivity contribution in [3.05, 3.63) is 12.2 Å². The summed E-state index contributed by atoms with van der Waals surface area (Å²) in [5, 5.41) is 18.5. The molecule has 0 saturated carbocycles. The van der Waals surface area contributed by atoms with Crippen molar-refractivity contribution in [1.82, 2.24) is 9.80 Å². The Morgan fingerprint density at radius 3 is 2.65 bits per heavy atom. The first kappa shape index (κ1) is 11.9. The quantitative estimate of drug-likeness (QED) is 0.626. The Kier molecular flexibility index (Phi) is 3.33. The summed E-state index contributed by atoms with van der Waals surface area (Å²) < 4.78 is 0. The number of hydrogen-bond donors (Lipinski definition) is 2. The van der Waals surface area contributed by atoms with E-state index >= 15 is 0 Å². The number of rotatable bonds is 1. The first-order chi connectivity index (χ1) is 8.09. The summed E-state index contributed by atoms with van der Waals surface area (Å²) in [7, 11) is 0. The summed E-state index contributed by atoms with van der Waals surface area (Å²) in [6.07, 6.45) is 4.06. The molecular weight excluding hydrogens is 224 g/mol. The van der Waals surface area contributed by atoms with Crippen LogP contribution >= 0.6 is 0 Å². The number of carboxylic acid groups (broad SMARTS) is 1. The van der Waals surface area contributed by atoms with Crippen LogP contribution in [0.4, 0.5) is 4.79 Å². The predicted octanol–water partition coefficient (Wildman–Crippen LogP) is -0.112. The number of aliphatic carboxylic acids is 1. The maximum absolute atomic E-state index is 12.1. The van der Waals surface area contributed by atoms with Crippen LogP contribution in [0.15, 0.2) is 12.2 Å². The molecule has 0 bridgehead atoms. The summed E-state index contributed by atoms with van der Waals surface area (Å²) in [5.74, 6) is -1.05. The average Bonchev–Trinajstić information content (AvgIpc) is 2.72. The molecule has 1 saturated heterocycles. The lowest BCUT2D eigenvalue weighted by Crippen LogP contribution is -2.49. The molecule has 0 aromatic carbocycles. The highest BCUT2D eigenvalue weighted by molar-refractivity contribution is 5.83. The predicted molar refractivity (Wildman–Crippen MR) is 59.5 cm³/mol. The molecule has 2 N–H and O–H groups in total. The maximum atomic E-state index is 12.1. The van der Waals surface area contributed by atoms with E-state index in [9.17, 15) is 14.7 Å². The number of aliphatic hydroxyl groups is 1. The van der Waals surface area contributed by atoms with Gasteiger partial charge in [0.15, 0.2) is 0 Å². The molecule has 0 aromatic heterocycles. The summed E-state index contributed by atoms with van der Waals surface area (Å²) in [5.41, 5.74) is 0. The standard InChI is InChI=1S/C11H16N2O4/c14-8-6-9(10(15)16)13(7-8)11(17)12-4-2-1-3-5-12/h1-2,8-9,14H,3-7H2,(H,15,16)/t8-,9-/m1/s1. The van der Waals surface area contributed by atoms with Gasteiger partial charge in [0.05, 0.1) is 6.10 Å². The number of β-amino-alcohol motifs (C(OH)–C–C–N with tert-alkyl or cyclic N) is 1. The van der Waals surface area contributed by atoms with Gasteiger partial charge in [-0.3, -0.25) is 0 Å². The lowest BCUT2D eigenvalue weighted by molar-refractivity contribution is -0.141. The molecule has 0 unspecified atom stereocenters. The minimum absolute atomic E-state index is 0.107. The van der Waals surface area contributed by atoms with Gasteiger partial charge in [0.25, 0.3) is 0 Å². The molecule has 94 valence electrons. The van der Waals surface area contributed by atoms with Crippen LogP contribution < -0.4 is 0 Å². The first-order valence-electron chi connectivity index (χ1n) is 5.71. The number of hydrogen-bond acceptors (Lipinski definition) is 3. The molecule has 2 rings (SSSR count). The van der Waals surface area contributed by atoms with Crippen molar-refractivity contribution in [1.29, 1.82) is 0 Å². The van der Waals surface area contributed by atoms with Crippen LogP contribution in [0.25, 0.3) is 0 Å². The van der Waals surface area contributed by atoms with Gasteiger partial charge in [0.2, 0.25) is 0 Å². The zero-order chi connectivity index (χ0) is 12.4. The number of carboxylic acids is 1. The van der Waals surface area contributed by atoms with Crippen LogP contribution in [0.5, 0.6) is 0 Å². The van der Waals surface area contributed by atoms with E-state index in [4.69, 9.17) is 5.11 Å². The minimum atomic E-state index is -1.05. The van der Waals surface area contributed by atoms with Crippen LogP contribution in [0, 0.1) is 0 Å². The van der Waals surface area contributed by atoms with Gasteiger partial charge >= 0.3 is 12.0 Å². The highest BCUT2D eigenvalue weighted by atomic mass is 16.4. The second kappa shape index (κ2) is 4.75. The molecule has 2 heterocycles. The lowest BCUT2D eigenvalue weighted by atomic mass is 10.2. The second-order valence-corrected chi connectivity index (χ2v) is 4.38. The topological polar surface area (TPSA) is 81.1 Å². The third-order valence-electron chi connectivity index (χ3n) is 3.14. The van der Waals surface area contributed by atoms with Gasteiger partial charge in [-0.05, 0) is 6.42 Å². The van der Waals surface area contributed by atoms with Gasteiger partial charge in [0, 0.05) is 26.1 Å². The molecule has 0 aliphatic carbocycles. The highest BCUT2D eigenvalue weighted by Gasteiger charge is 2.40. The number of nitrogens with zero attached hydrogens (tertiary/aromatic N) is 2. The van der Waals surface area contributed by atoms with E-state index < -0.39 is 18.1 Å². The minimum Gasteiger partial charge on any atom is -0.480 e. The maximum Gasteiger partial charge on any atom is 0.326 e. The van der Waals surface area contributed by atoms with Gasteiger partial charge in [-0.1, -0.05) is 12.2 Å². The van der Waals surface area contributed by atoms with E-state index in [0.717, 1.165) is 6.42 Å². The Labute approximate surface area is 99.1 Å². The zero-order valence-corrected chi connectivity index (χ0v) is 9.45. The number of likely N-dealkylation sites (tertiary alicyclic amines) is 1. The normalized spacial score (nSPS) is 28.5. The molecule has 0 radical (unpaired) electrons. The molecule has 2 atom stereocenters. The summed E-state index contributed by atoms with van der Waals surface area (Å²) in [4.78, 5) is 26.0. The van der Waals surface area contributed by atoms with E-state index in [2.05, 4.69) is 0 Å². The molecule has 6 heteroatoms. The van der Waals surface area contributed by atoms with E-state index in [1.165, 1.54) is 4.90 Å². The van der Waals surface area contributed by atoms with Gasteiger partial charge in [0.1, 0.15) is 6.04 Å². The largest absolute Gasteiger partial charge is 0.480 e. The summed E-state index contributed by atoms with van der Waals surface area (Å²) in [6, 6.07) is -1.19. The van der Waals surface area contributed by atoms with Gasteiger partial charge in [-0.15, -0.1) is 0 Å². The van der Waals surface area contributed by atoms with Crippen LogP contribution in [0.3, 0.4) is 0 Å². The Balaban J connectivity index is 2.07. The van der Waals surface area contributed by atoms with Crippen molar-refractivity contribution >= 4 is 12.0 Å². The van der Waals surface area contributed by atoms with Crippen molar-refractivity contribution in [3.63, 3.8) is 0 Å². The molecular formula is C11H16N2O4. The smallest absolute Gasteiger partial charge is 0.326 e. The van der Waals surface area contributed by atoms with Crippen molar-refractivity contribution in [2.24, 2.45) is 0 Å². The number of carbonyl (C=O) groups is 2. The molecule has 2 amide bonds. The number of amides is 2. The fourth-order valence-corrected chi connectivity index (χ4v) is 2.26. The molecule has 0 spiro atoms. The van der Waals surface area contributed by atoms with Gasteiger partial charge in [-0.25, -0.2) is 9.59 Å². The molecule has 17 heavy (non-hydrogen) atoms.